The summed E-state index contributed by atoms with van der Waals surface area (Å²) in [6, 6.07) is 15.2. The van der Waals surface area contributed by atoms with Crippen molar-refractivity contribution >= 4 is 29.1 Å². The van der Waals surface area contributed by atoms with E-state index >= 15 is 0 Å². The molecule has 0 aliphatic heterocycles. The van der Waals surface area contributed by atoms with Crippen LogP contribution in [-0.4, -0.2) is 22.5 Å². The van der Waals surface area contributed by atoms with Gasteiger partial charge in [-0.05, 0) is 75.2 Å². The van der Waals surface area contributed by atoms with Crippen molar-refractivity contribution < 1.29 is 9.53 Å². The number of hydrogen-bond donors (Lipinski definition) is 2. The van der Waals surface area contributed by atoms with Crippen molar-refractivity contribution in [3.63, 3.8) is 0 Å². The zero-order chi connectivity index (χ0) is 20.1. The van der Waals surface area contributed by atoms with E-state index in [0.717, 1.165) is 17.1 Å². The second kappa shape index (κ2) is 8.52. The van der Waals surface area contributed by atoms with Crippen molar-refractivity contribution in [2.24, 2.45) is 0 Å². The first-order valence-electron chi connectivity index (χ1n) is 9.18. The number of rotatable bonds is 6. The van der Waals surface area contributed by atoms with Crippen LogP contribution in [0.25, 0.3) is 0 Å². The highest BCUT2D eigenvalue weighted by molar-refractivity contribution is 5.89. The molecule has 0 aliphatic carbocycles. The zero-order valence-electron chi connectivity index (χ0n) is 16.5. The molecule has 0 saturated heterocycles. The van der Waals surface area contributed by atoms with Gasteiger partial charge in [-0.3, -0.25) is 0 Å². The van der Waals surface area contributed by atoms with Crippen LogP contribution in [0.3, 0.4) is 0 Å². The molecule has 6 heteroatoms. The van der Waals surface area contributed by atoms with Crippen LogP contribution in [0, 0.1) is 20.8 Å². The fourth-order valence-corrected chi connectivity index (χ4v) is 2.92. The first-order chi connectivity index (χ1) is 13.4. The molecule has 0 saturated carbocycles. The van der Waals surface area contributed by atoms with Crippen LogP contribution in [0.2, 0.25) is 0 Å². The highest BCUT2D eigenvalue weighted by atomic mass is 16.5. The molecule has 1 heterocycles. The van der Waals surface area contributed by atoms with Gasteiger partial charge in [0.1, 0.15) is 5.82 Å². The summed E-state index contributed by atoms with van der Waals surface area (Å²) in [5.74, 6) is 0.866. The number of aromatic nitrogens is 2. The minimum absolute atomic E-state index is 0.327. The summed E-state index contributed by atoms with van der Waals surface area (Å²) in [5.41, 5.74) is 5.48. The zero-order valence-corrected chi connectivity index (χ0v) is 16.5. The van der Waals surface area contributed by atoms with Crippen molar-refractivity contribution in [1.29, 1.82) is 0 Å². The van der Waals surface area contributed by atoms with Gasteiger partial charge in [-0.2, -0.15) is 4.98 Å². The Balaban J connectivity index is 1.77. The number of carbonyl (C=O) groups excluding carboxylic acids is 1. The lowest BCUT2D eigenvalue weighted by molar-refractivity contribution is 0.0526. The minimum Gasteiger partial charge on any atom is -0.462 e. The van der Waals surface area contributed by atoms with Crippen molar-refractivity contribution in [2.45, 2.75) is 27.7 Å². The Kier molecular flexibility index (Phi) is 5.89. The summed E-state index contributed by atoms with van der Waals surface area (Å²) in [6.07, 6.45) is 0. The average molecular weight is 376 g/mol. The maximum atomic E-state index is 11.8. The molecule has 0 spiro atoms. The van der Waals surface area contributed by atoms with Crippen LogP contribution >= 0.6 is 0 Å². The van der Waals surface area contributed by atoms with Crippen molar-refractivity contribution in [2.75, 3.05) is 17.2 Å². The van der Waals surface area contributed by atoms with Gasteiger partial charge in [-0.15, -0.1) is 0 Å². The van der Waals surface area contributed by atoms with Gasteiger partial charge in [0.25, 0.3) is 0 Å². The third kappa shape index (κ3) is 5.07. The summed E-state index contributed by atoms with van der Waals surface area (Å²) >= 11 is 0. The monoisotopic (exact) mass is 376 g/mol. The van der Waals surface area contributed by atoms with E-state index in [4.69, 9.17) is 4.74 Å². The Labute approximate surface area is 165 Å². The summed E-state index contributed by atoms with van der Waals surface area (Å²) < 4.78 is 5.00. The number of benzene rings is 2. The van der Waals surface area contributed by atoms with E-state index in [9.17, 15) is 4.79 Å². The van der Waals surface area contributed by atoms with E-state index < -0.39 is 0 Å². The van der Waals surface area contributed by atoms with Crippen LogP contribution in [0.15, 0.2) is 48.5 Å². The van der Waals surface area contributed by atoms with Gasteiger partial charge in [0.2, 0.25) is 5.95 Å². The number of nitrogens with zero attached hydrogens (tertiary/aromatic N) is 2. The quantitative estimate of drug-likeness (QED) is 0.585. The molecule has 0 amide bonds. The molecule has 2 aromatic carbocycles. The van der Waals surface area contributed by atoms with E-state index in [0.29, 0.717) is 23.9 Å². The Morgan fingerprint density at radius 1 is 0.893 bits per heavy atom. The third-order valence-corrected chi connectivity index (χ3v) is 4.00. The first kappa shape index (κ1) is 19.4. The van der Waals surface area contributed by atoms with Crippen molar-refractivity contribution in [3.8, 4) is 0 Å². The second-order valence-corrected chi connectivity index (χ2v) is 6.64. The number of esters is 1. The largest absolute Gasteiger partial charge is 0.462 e. The molecule has 0 radical (unpaired) electrons. The molecule has 1 aromatic heterocycles. The number of hydrogen-bond acceptors (Lipinski definition) is 6. The van der Waals surface area contributed by atoms with Gasteiger partial charge >= 0.3 is 5.97 Å². The fraction of sp³-hybridized carbons (Fsp3) is 0.227. The van der Waals surface area contributed by atoms with E-state index in [2.05, 4.69) is 52.6 Å². The molecule has 0 atom stereocenters. The predicted octanol–water partition coefficient (Wildman–Crippen LogP) is 5.07. The van der Waals surface area contributed by atoms with Gasteiger partial charge in [-0.1, -0.05) is 6.07 Å². The fourth-order valence-electron chi connectivity index (χ4n) is 2.92. The highest BCUT2D eigenvalue weighted by Gasteiger charge is 2.07. The third-order valence-electron chi connectivity index (χ3n) is 4.00. The standard InChI is InChI=1S/C22H24N4O2/c1-5-28-21(27)17-6-8-18(9-7-17)24-20-13-16(4)23-22(26-20)25-19-11-14(2)10-15(3)12-19/h6-13H,5H2,1-4H3,(H2,23,24,25,26). The Morgan fingerprint density at radius 2 is 1.57 bits per heavy atom. The normalized spacial score (nSPS) is 10.4. The maximum absolute atomic E-state index is 11.8. The molecular weight excluding hydrogens is 352 g/mol. The van der Waals surface area contributed by atoms with Crippen LogP contribution in [-0.2, 0) is 4.74 Å². The van der Waals surface area contributed by atoms with Crippen LogP contribution in [0.5, 0.6) is 0 Å². The van der Waals surface area contributed by atoms with Gasteiger partial charge < -0.3 is 15.4 Å². The van der Waals surface area contributed by atoms with Gasteiger partial charge in [0.05, 0.1) is 12.2 Å². The van der Waals surface area contributed by atoms with Crippen molar-refractivity contribution in [1.82, 2.24) is 9.97 Å². The highest BCUT2D eigenvalue weighted by Crippen LogP contribution is 2.21. The average Bonchev–Trinajstić information content (AvgIpc) is 2.61. The second-order valence-electron chi connectivity index (χ2n) is 6.64. The maximum Gasteiger partial charge on any atom is 0.338 e. The minimum atomic E-state index is -0.327. The smallest absolute Gasteiger partial charge is 0.338 e. The van der Waals surface area contributed by atoms with Crippen molar-refractivity contribution in [3.05, 3.63) is 70.9 Å². The lowest BCUT2D eigenvalue weighted by Crippen LogP contribution is -2.05. The topological polar surface area (TPSA) is 76.1 Å². The molecule has 0 fully saturated rings. The number of carbonyl (C=O) groups is 1. The number of ether oxygens (including phenoxy) is 1. The Morgan fingerprint density at radius 3 is 2.21 bits per heavy atom. The summed E-state index contributed by atoms with van der Waals surface area (Å²) in [6.45, 7) is 8.18. The van der Waals surface area contributed by atoms with Crippen LogP contribution < -0.4 is 10.6 Å². The molecule has 0 aliphatic rings. The van der Waals surface area contributed by atoms with E-state index in [-0.39, 0.29) is 5.97 Å². The summed E-state index contributed by atoms with van der Waals surface area (Å²) in [5, 5.41) is 6.52. The molecule has 0 unspecified atom stereocenters. The lowest BCUT2D eigenvalue weighted by atomic mass is 10.1. The van der Waals surface area contributed by atoms with Gasteiger partial charge in [-0.25, -0.2) is 9.78 Å². The Hall–Kier alpha value is -3.41. The van der Waals surface area contributed by atoms with E-state index in [1.807, 2.05) is 25.1 Å². The van der Waals surface area contributed by atoms with Gasteiger partial charge in [0, 0.05) is 23.1 Å². The Bertz CT molecular complexity index is 964. The summed E-state index contributed by atoms with van der Waals surface area (Å²) in [4.78, 5) is 20.8. The van der Waals surface area contributed by atoms with E-state index in [1.54, 1.807) is 19.1 Å². The number of anilines is 4. The molecule has 3 rings (SSSR count). The molecule has 2 N–H and O–H groups in total. The molecular formula is C22H24N4O2. The predicted molar refractivity (Wildman–Crippen MR) is 112 cm³/mol. The first-order valence-corrected chi connectivity index (χ1v) is 9.18. The van der Waals surface area contributed by atoms with Crippen LogP contribution in [0.1, 0.15) is 34.1 Å². The molecule has 6 nitrogen and oxygen atoms in total. The lowest BCUT2D eigenvalue weighted by Gasteiger charge is -2.11. The van der Waals surface area contributed by atoms with E-state index in [1.165, 1.54) is 11.1 Å². The van der Waals surface area contributed by atoms with Crippen LogP contribution in [0.4, 0.5) is 23.1 Å². The molecule has 144 valence electrons. The molecule has 0 bridgehead atoms. The van der Waals surface area contributed by atoms with Gasteiger partial charge in [0.15, 0.2) is 0 Å². The molecule has 3 aromatic rings. The number of nitrogens with one attached hydrogen (secondary N) is 2. The number of aryl methyl sites for hydroxylation is 3. The molecule has 28 heavy (non-hydrogen) atoms. The summed E-state index contributed by atoms with van der Waals surface area (Å²) in [7, 11) is 0. The SMILES string of the molecule is CCOC(=O)c1ccc(Nc2cc(C)nc(Nc3cc(C)cc(C)c3)n2)cc1.